The Labute approximate surface area is 139 Å². The maximum absolute atomic E-state index is 5.70. The number of nitrogens with zero attached hydrogens (tertiary/aromatic N) is 2. The fourth-order valence-electron chi connectivity index (χ4n) is 2.20. The molecule has 0 saturated carbocycles. The van der Waals surface area contributed by atoms with Gasteiger partial charge in [0.15, 0.2) is 17.5 Å². The largest absolute Gasteiger partial charge is 0.490 e. The molecule has 2 heterocycles. The quantitative estimate of drug-likeness (QED) is 0.668. The zero-order valence-electron chi connectivity index (χ0n) is 13.3. The summed E-state index contributed by atoms with van der Waals surface area (Å²) in [6.45, 7) is 4.05. The van der Waals surface area contributed by atoms with Gasteiger partial charge >= 0.3 is 0 Å². The minimum Gasteiger partial charge on any atom is -0.490 e. The summed E-state index contributed by atoms with van der Waals surface area (Å²) in [6, 6.07) is 5.80. The number of anilines is 1. The van der Waals surface area contributed by atoms with Gasteiger partial charge < -0.3 is 20.1 Å². The van der Waals surface area contributed by atoms with Crippen LogP contribution in [0.3, 0.4) is 0 Å². The number of hydrogen-bond donors (Lipinski definition) is 2. The lowest BCUT2D eigenvalue weighted by molar-refractivity contribution is 0.297. The molecule has 6 nitrogen and oxygen atoms in total. The fraction of sp³-hybridized carbons (Fsp3) is 0.375. The number of aromatic nitrogens is 1. The van der Waals surface area contributed by atoms with Crippen LogP contribution in [0.1, 0.15) is 16.3 Å². The van der Waals surface area contributed by atoms with Gasteiger partial charge in [-0.2, -0.15) is 0 Å². The van der Waals surface area contributed by atoms with Crippen LogP contribution in [-0.2, 0) is 6.54 Å². The summed E-state index contributed by atoms with van der Waals surface area (Å²) in [5, 5.41) is 7.54. The Kier molecular flexibility index (Phi) is 4.97. The Morgan fingerprint density at radius 2 is 2.13 bits per heavy atom. The van der Waals surface area contributed by atoms with Gasteiger partial charge in [-0.1, -0.05) is 0 Å². The number of hydrogen-bond acceptors (Lipinski definition) is 5. The molecule has 0 amide bonds. The molecule has 0 spiro atoms. The van der Waals surface area contributed by atoms with E-state index in [1.165, 1.54) is 4.88 Å². The monoisotopic (exact) mass is 332 g/mol. The van der Waals surface area contributed by atoms with Crippen LogP contribution in [0.15, 0.2) is 29.4 Å². The highest BCUT2D eigenvalue weighted by molar-refractivity contribution is 7.11. The first-order valence-corrected chi connectivity index (χ1v) is 8.35. The number of benzene rings is 1. The average Bonchev–Trinajstić information content (AvgIpc) is 2.83. The highest BCUT2D eigenvalue weighted by Crippen LogP contribution is 2.32. The van der Waals surface area contributed by atoms with Gasteiger partial charge in [0.1, 0.15) is 5.01 Å². The highest BCUT2D eigenvalue weighted by atomic mass is 32.1. The Morgan fingerprint density at radius 3 is 2.87 bits per heavy atom. The van der Waals surface area contributed by atoms with Gasteiger partial charge in [-0.15, -0.1) is 11.3 Å². The van der Waals surface area contributed by atoms with Crippen LogP contribution in [0, 0.1) is 6.92 Å². The van der Waals surface area contributed by atoms with Crippen molar-refractivity contribution in [1.82, 2.24) is 10.3 Å². The Bertz CT molecular complexity index is 699. The molecule has 23 heavy (non-hydrogen) atoms. The first kappa shape index (κ1) is 15.6. The average molecular weight is 332 g/mol. The minimum atomic E-state index is 0.642. The molecule has 7 heteroatoms. The van der Waals surface area contributed by atoms with E-state index in [-0.39, 0.29) is 0 Å². The molecule has 1 aliphatic heterocycles. The topological polar surface area (TPSA) is 67.8 Å². The van der Waals surface area contributed by atoms with Crippen molar-refractivity contribution in [3.05, 3.63) is 34.3 Å². The standard InChI is InChI=1S/C16H20N4O2S/c1-11-9-18-15(23-11)10-19-16(17-2)20-12-4-5-13-14(8-12)22-7-3-6-21-13/h4-5,8-9H,3,6-7,10H2,1-2H3,(H2,17,19,20). The van der Waals surface area contributed by atoms with E-state index >= 15 is 0 Å². The van der Waals surface area contributed by atoms with Gasteiger partial charge in [0.25, 0.3) is 0 Å². The third-order valence-corrected chi connectivity index (χ3v) is 4.22. The molecule has 0 radical (unpaired) electrons. The first-order valence-electron chi connectivity index (χ1n) is 7.53. The lowest BCUT2D eigenvalue weighted by Gasteiger charge is -2.13. The van der Waals surface area contributed by atoms with E-state index < -0.39 is 0 Å². The third-order valence-electron chi connectivity index (χ3n) is 3.31. The summed E-state index contributed by atoms with van der Waals surface area (Å²) >= 11 is 1.67. The molecular weight excluding hydrogens is 312 g/mol. The Hall–Kier alpha value is -2.28. The number of ether oxygens (including phenoxy) is 2. The summed E-state index contributed by atoms with van der Waals surface area (Å²) < 4.78 is 11.3. The third kappa shape index (κ3) is 4.13. The van der Waals surface area contributed by atoms with Crippen LogP contribution in [-0.4, -0.2) is 31.2 Å². The maximum Gasteiger partial charge on any atom is 0.195 e. The van der Waals surface area contributed by atoms with Gasteiger partial charge in [0.2, 0.25) is 0 Å². The molecular formula is C16H20N4O2S. The van der Waals surface area contributed by atoms with Crippen LogP contribution in [0.25, 0.3) is 0 Å². The van der Waals surface area contributed by atoms with E-state index in [1.54, 1.807) is 18.4 Å². The molecule has 1 aromatic carbocycles. The van der Waals surface area contributed by atoms with Gasteiger partial charge in [-0.25, -0.2) is 4.98 Å². The lowest BCUT2D eigenvalue weighted by atomic mass is 10.3. The number of guanidine groups is 1. The highest BCUT2D eigenvalue weighted by Gasteiger charge is 2.11. The number of rotatable bonds is 3. The summed E-state index contributed by atoms with van der Waals surface area (Å²) in [5.74, 6) is 2.24. The van der Waals surface area contributed by atoms with Crippen molar-refractivity contribution in [3.63, 3.8) is 0 Å². The number of aliphatic imine (C=N–C) groups is 1. The predicted octanol–water partition coefficient (Wildman–Crippen LogP) is 2.80. The number of fused-ring (bicyclic) bond motifs is 1. The molecule has 2 N–H and O–H groups in total. The van der Waals surface area contributed by atoms with Crippen LogP contribution in [0.4, 0.5) is 5.69 Å². The van der Waals surface area contributed by atoms with Gasteiger partial charge in [-0.3, -0.25) is 4.99 Å². The van der Waals surface area contributed by atoms with Crippen LogP contribution < -0.4 is 20.1 Å². The van der Waals surface area contributed by atoms with Gasteiger partial charge in [0, 0.05) is 36.3 Å². The molecule has 122 valence electrons. The number of thiazole rings is 1. The minimum absolute atomic E-state index is 0.642. The smallest absolute Gasteiger partial charge is 0.195 e. The second kappa shape index (κ2) is 7.32. The summed E-state index contributed by atoms with van der Waals surface area (Å²) in [5.41, 5.74) is 0.901. The Morgan fingerprint density at radius 1 is 1.30 bits per heavy atom. The fourth-order valence-corrected chi connectivity index (χ4v) is 2.93. The maximum atomic E-state index is 5.70. The molecule has 0 atom stereocenters. The summed E-state index contributed by atoms with van der Waals surface area (Å²) in [7, 11) is 1.74. The molecule has 0 aliphatic carbocycles. The SMILES string of the molecule is CN=C(NCc1ncc(C)s1)Nc1ccc2c(c1)OCCCO2. The van der Waals surface area contributed by atoms with Crippen molar-refractivity contribution < 1.29 is 9.47 Å². The zero-order valence-corrected chi connectivity index (χ0v) is 14.1. The van der Waals surface area contributed by atoms with Crippen molar-refractivity contribution in [2.75, 3.05) is 25.6 Å². The molecule has 0 fully saturated rings. The second-order valence-electron chi connectivity index (χ2n) is 5.13. The van der Waals surface area contributed by atoms with Crippen molar-refractivity contribution in [2.24, 2.45) is 4.99 Å². The predicted molar refractivity (Wildman–Crippen MR) is 92.7 cm³/mol. The second-order valence-corrected chi connectivity index (χ2v) is 6.45. The Balaban J connectivity index is 1.63. The summed E-state index contributed by atoms with van der Waals surface area (Å²) in [4.78, 5) is 9.77. The van der Waals surface area contributed by atoms with E-state index in [2.05, 4.69) is 20.6 Å². The van der Waals surface area contributed by atoms with Gasteiger partial charge in [-0.05, 0) is 19.1 Å². The van der Waals surface area contributed by atoms with Crippen molar-refractivity contribution >= 4 is 23.0 Å². The van der Waals surface area contributed by atoms with Crippen molar-refractivity contribution in [1.29, 1.82) is 0 Å². The summed E-state index contributed by atoms with van der Waals surface area (Å²) in [6.07, 6.45) is 2.77. The molecule has 0 unspecified atom stereocenters. The van der Waals surface area contributed by atoms with E-state index in [4.69, 9.17) is 9.47 Å². The van der Waals surface area contributed by atoms with Crippen molar-refractivity contribution in [3.8, 4) is 11.5 Å². The molecule has 3 rings (SSSR count). The molecule has 2 aromatic rings. The normalized spacial score (nSPS) is 14.3. The van der Waals surface area contributed by atoms with E-state index in [0.29, 0.717) is 25.7 Å². The zero-order chi connectivity index (χ0) is 16.1. The van der Waals surface area contributed by atoms with E-state index in [9.17, 15) is 0 Å². The number of nitrogens with one attached hydrogen (secondary N) is 2. The van der Waals surface area contributed by atoms with Crippen LogP contribution >= 0.6 is 11.3 Å². The van der Waals surface area contributed by atoms with Gasteiger partial charge in [0.05, 0.1) is 19.8 Å². The lowest BCUT2D eigenvalue weighted by Crippen LogP contribution is -2.30. The van der Waals surface area contributed by atoms with E-state index in [1.807, 2.05) is 31.3 Å². The molecule has 0 bridgehead atoms. The van der Waals surface area contributed by atoms with Crippen molar-refractivity contribution in [2.45, 2.75) is 19.9 Å². The molecule has 1 aromatic heterocycles. The van der Waals surface area contributed by atoms with Crippen LogP contribution in [0.2, 0.25) is 0 Å². The van der Waals surface area contributed by atoms with Crippen LogP contribution in [0.5, 0.6) is 11.5 Å². The van der Waals surface area contributed by atoms with E-state index in [0.717, 1.165) is 28.6 Å². The number of aryl methyl sites for hydroxylation is 1. The first-order chi connectivity index (χ1) is 11.2. The molecule has 0 saturated heterocycles. The molecule has 1 aliphatic rings.